The second-order valence-corrected chi connectivity index (χ2v) is 6.55. The van der Waals surface area contributed by atoms with Gasteiger partial charge < -0.3 is 5.32 Å². The Bertz CT molecular complexity index is 834. The first-order chi connectivity index (χ1) is 11.6. The van der Waals surface area contributed by atoms with Crippen molar-refractivity contribution in [2.75, 3.05) is 5.32 Å². The van der Waals surface area contributed by atoms with Crippen LogP contribution in [0, 0.1) is 0 Å². The van der Waals surface area contributed by atoms with Gasteiger partial charge in [-0.2, -0.15) is 0 Å². The average Bonchev–Trinajstić information content (AvgIpc) is 3.01. The molecule has 0 aliphatic heterocycles. The van der Waals surface area contributed by atoms with Gasteiger partial charge >= 0.3 is 0 Å². The smallest absolute Gasteiger partial charge is 0.237 e. The third kappa shape index (κ3) is 3.62. The van der Waals surface area contributed by atoms with Crippen LogP contribution in [0.25, 0.3) is 11.1 Å². The summed E-state index contributed by atoms with van der Waals surface area (Å²) in [5.74, 6) is -0.0913. The van der Waals surface area contributed by atoms with Crippen LogP contribution < -0.4 is 5.32 Å². The molecule has 1 amide bonds. The molecular formula is C17H17N5OS. The minimum atomic E-state index is -0.321. The molecule has 0 aliphatic rings. The fraction of sp³-hybridized carbons (Fsp3) is 0.176. The Hall–Kier alpha value is -2.67. The Balaban J connectivity index is 1.76. The Morgan fingerprint density at radius 2 is 1.83 bits per heavy atom. The molecule has 3 aromatic rings. The number of aryl methyl sites for hydroxylation is 1. The summed E-state index contributed by atoms with van der Waals surface area (Å²) in [5.41, 5.74) is 2.84. The molecular weight excluding hydrogens is 322 g/mol. The fourth-order valence-corrected chi connectivity index (χ4v) is 2.98. The molecule has 122 valence electrons. The maximum atomic E-state index is 12.5. The van der Waals surface area contributed by atoms with Crippen molar-refractivity contribution in [2.24, 2.45) is 7.05 Å². The molecule has 1 heterocycles. The SMILES string of the molecule is C[C@@H](Sc1nnnn1C)C(=O)Nc1ccccc1-c1ccccc1. The molecule has 6 nitrogen and oxygen atoms in total. The number of nitrogens with zero attached hydrogens (tertiary/aromatic N) is 4. The maximum Gasteiger partial charge on any atom is 0.237 e. The van der Waals surface area contributed by atoms with Crippen molar-refractivity contribution in [1.82, 2.24) is 20.2 Å². The highest BCUT2D eigenvalue weighted by atomic mass is 32.2. The first-order valence-corrected chi connectivity index (χ1v) is 8.37. The number of thioether (sulfide) groups is 1. The normalized spacial score (nSPS) is 11.9. The van der Waals surface area contributed by atoms with E-state index in [1.54, 1.807) is 11.7 Å². The lowest BCUT2D eigenvalue weighted by Crippen LogP contribution is -2.23. The number of anilines is 1. The van der Waals surface area contributed by atoms with Crippen molar-refractivity contribution in [2.45, 2.75) is 17.3 Å². The number of tetrazole rings is 1. The van der Waals surface area contributed by atoms with E-state index in [1.165, 1.54) is 11.8 Å². The summed E-state index contributed by atoms with van der Waals surface area (Å²) in [6.45, 7) is 1.83. The molecule has 0 bridgehead atoms. The second kappa shape index (κ2) is 7.27. The van der Waals surface area contributed by atoms with E-state index < -0.39 is 0 Å². The van der Waals surface area contributed by atoms with E-state index in [0.29, 0.717) is 5.16 Å². The van der Waals surface area contributed by atoms with Gasteiger partial charge in [0.25, 0.3) is 0 Å². The third-order valence-electron chi connectivity index (χ3n) is 3.50. The maximum absolute atomic E-state index is 12.5. The van der Waals surface area contributed by atoms with Crippen molar-refractivity contribution in [1.29, 1.82) is 0 Å². The number of benzene rings is 2. The van der Waals surface area contributed by atoms with E-state index in [4.69, 9.17) is 0 Å². The molecule has 2 aromatic carbocycles. The molecule has 0 spiro atoms. The standard InChI is InChI=1S/C17H17N5OS/c1-12(24-17-19-20-21-22(17)2)16(23)18-15-11-7-6-10-14(15)13-8-4-3-5-9-13/h3-12H,1-2H3,(H,18,23)/t12-/m1/s1. The lowest BCUT2D eigenvalue weighted by atomic mass is 10.0. The summed E-state index contributed by atoms with van der Waals surface area (Å²) in [7, 11) is 1.75. The first kappa shape index (κ1) is 16.2. The summed E-state index contributed by atoms with van der Waals surface area (Å²) < 4.78 is 1.55. The van der Waals surface area contributed by atoms with Crippen LogP contribution in [0.4, 0.5) is 5.69 Å². The van der Waals surface area contributed by atoms with Gasteiger partial charge in [-0.15, -0.1) is 5.10 Å². The molecule has 1 aromatic heterocycles. The molecule has 1 N–H and O–H groups in total. The lowest BCUT2D eigenvalue weighted by Gasteiger charge is -2.14. The van der Waals surface area contributed by atoms with Gasteiger partial charge in [0.2, 0.25) is 11.1 Å². The monoisotopic (exact) mass is 339 g/mol. The summed E-state index contributed by atoms with van der Waals surface area (Å²) >= 11 is 1.32. The quantitative estimate of drug-likeness (QED) is 0.724. The zero-order valence-electron chi connectivity index (χ0n) is 13.4. The van der Waals surface area contributed by atoms with Gasteiger partial charge in [-0.1, -0.05) is 60.3 Å². The minimum absolute atomic E-state index is 0.0913. The molecule has 0 aliphatic carbocycles. The zero-order valence-corrected chi connectivity index (χ0v) is 14.2. The van der Waals surface area contributed by atoms with E-state index in [-0.39, 0.29) is 11.2 Å². The number of carbonyl (C=O) groups is 1. The fourth-order valence-electron chi connectivity index (χ4n) is 2.23. The van der Waals surface area contributed by atoms with Crippen molar-refractivity contribution in [3.8, 4) is 11.1 Å². The average molecular weight is 339 g/mol. The Morgan fingerprint density at radius 3 is 2.54 bits per heavy atom. The van der Waals surface area contributed by atoms with Crippen LogP contribution in [0.5, 0.6) is 0 Å². The van der Waals surface area contributed by atoms with Gasteiger partial charge in [-0.05, 0) is 29.0 Å². The Morgan fingerprint density at radius 1 is 1.12 bits per heavy atom. The second-order valence-electron chi connectivity index (χ2n) is 5.25. The molecule has 3 rings (SSSR count). The number of para-hydroxylation sites is 1. The van der Waals surface area contributed by atoms with E-state index in [9.17, 15) is 4.79 Å². The minimum Gasteiger partial charge on any atom is -0.325 e. The summed E-state index contributed by atoms with van der Waals surface area (Å²) in [4.78, 5) is 12.5. The van der Waals surface area contributed by atoms with Gasteiger partial charge in [0.1, 0.15) is 0 Å². The molecule has 1 atom stereocenters. The summed E-state index contributed by atoms with van der Waals surface area (Å²) in [6.07, 6.45) is 0. The highest BCUT2D eigenvalue weighted by molar-refractivity contribution is 8.00. The Kier molecular flexibility index (Phi) is 4.90. The van der Waals surface area contributed by atoms with Gasteiger partial charge in [0.05, 0.1) is 5.25 Å². The van der Waals surface area contributed by atoms with Crippen LogP contribution in [0.3, 0.4) is 0 Å². The van der Waals surface area contributed by atoms with E-state index in [1.807, 2.05) is 61.5 Å². The van der Waals surface area contributed by atoms with Crippen molar-refractivity contribution in [3.05, 3.63) is 54.6 Å². The predicted molar refractivity (Wildman–Crippen MR) is 94.6 cm³/mol. The molecule has 0 unspecified atom stereocenters. The molecule has 0 radical (unpaired) electrons. The molecule has 0 saturated carbocycles. The van der Waals surface area contributed by atoms with Crippen molar-refractivity contribution < 1.29 is 4.79 Å². The number of amides is 1. The highest BCUT2D eigenvalue weighted by Crippen LogP contribution is 2.28. The molecule has 0 fully saturated rings. The van der Waals surface area contributed by atoms with Crippen LogP contribution in [0.15, 0.2) is 59.8 Å². The van der Waals surface area contributed by atoms with E-state index >= 15 is 0 Å². The van der Waals surface area contributed by atoms with Crippen LogP contribution >= 0.6 is 11.8 Å². The summed E-state index contributed by atoms with van der Waals surface area (Å²) in [6, 6.07) is 17.7. The van der Waals surface area contributed by atoms with Gasteiger partial charge in [-0.25, -0.2) is 4.68 Å². The van der Waals surface area contributed by atoms with Gasteiger partial charge in [0, 0.05) is 18.3 Å². The first-order valence-electron chi connectivity index (χ1n) is 7.49. The van der Waals surface area contributed by atoms with Crippen LogP contribution in [-0.2, 0) is 11.8 Å². The van der Waals surface area contributed by atoms with Crippen LogP contribution in [-0.4, -0.2) is 31.4 Å². The molecule has 7 heteroatoms. The number of rotatable bonds is 5. The van der Waals surface area contributed by atoms with E-state index in [0.717, 1.165) is 16.8 Å². The topological polar surface area (TPSA) is 72.7 Å². The number of hydrogen-bond donors (Lipinski definition) is 1. The number of hydrogen-bond acceptors (Lipinski definition) is 5. The highest BCUT2D eigenvalue weighted by Gasteiger charge is 2.18. The van der Waals surface area contributed by atoms with Crippen molar-refractivity contribution in [3.63, 3.8) is 0 Å². The number of carbonyl (C=O) groups excluding carboxylic acids is 1. The number of nitrogens with one attached hydrogen (secondary N) is 1. The van der Waals surface area contributed by atoms with Gasteiger partial charge in [0.15, 0.2) is 0 Å². The third-order valence-corrected chi connectivity index (χ3v) is 4.63. The van der Waals surface area contributed by atoms with Crippen LogP contribution in [0.2, 0.25) is 0 Å². The van der Waals surface area contributed by atoms with Crippen molar-refractivity contribution >= 4 is 23.4 Å². The Labute approximate surface area is 144 Å². The predicted octanol–water partition coefficient (Wildman–Crippen LogP) is 3.00. The van der Waals surface area contributed by atoms with E-state index in [2.05, 4.69) is 20.8 Å². The largest absolute Gasteiger partial charge is 0.325 e. The molecule has 24 heavy (non-hydrogen) atoms. The van der Waals surface area contributed by atoms with Gasteiger partial charge in [-0.3, -0.25) is 4.79 Å². The zero-order chi connectivity index (χ0) is 16.9. The summed E-state index contributed by atoms with van der Waals surface area (Å²) in [5, 5.41) is 14.5. The lowest BCUT2D eigenvalue weighted by molar-refractivity contribution is -0.115. The number of aromatic nitrogens is 4. The molecule has 0 saturated heterocycles. The van der Waals surface area contributed by atoms with Crippen LogP contribution in [0.1, 0.15) is 6.92 Å².